The van der Waals surface area contributed by atoms with Crippen LogP contribution in [0.3, 0.4) is 0 Å². The van der Waals surface area contributed by atoms with E-state index >= 15 is 0 Å². The van der Waals surface area contributed by atoms with Gasteiger partial charge in [0.15, 0.2) is 0 Å². The van der Waals surface area contributed by atoms with Crippen molar-refractivity contribution in [2.75, 3.05) is 13.1 Å². The molecule has 0 radical (unpaired) electrons. The molecular weight excluding hydrogens is 246 g/mol. The standard InChI is InChI=1S/C18H31NO/c1-2-3-4-5-6-7-8-9-10-12-15-18(20)19-16-13-11-14-17-19/h2-11,13-14,16-17H2,1H3. The average molecular weight is 277 g/mol. The minimum absolute atomic E-state index is 0.0456. The van der Waals surface area contributed by atoms with E-state index < -0.39 is 0 Å². The van der Waals surface area contributed by atoms with E-state index in [1.54, 1.807) is 0 Å². The number of hydrogen-bond donors (Lipinski definition) is 0. The highest BCUT2D eigenvalue weighted by molar-refractivity contribution is 5.93. The molecule has 1 saturated heterocycles. The van der Waals surface area contributed by atoms with Crippen molar-refractivity contribution in [3.63, 3.8) is 0 Å². The summed E-state index contributed by atoms with van der Waals surface area (Å²) >= 11 is 0. The molecule has 1 amide bonds. The monoisotopic (exact) mass is 277 g/mol. The van der Waals surface area contributed by atoms with Crippen molar-refractivity contribution in [2.24, 2.45) is 0 Å². The Morgan fingerprint density at radius 1 is 0.900 bits per heavy atom. The van der Waals surface area contributed by atoms with E-state index in [2.05, 4.69) is 18.8 Å². The summed E-state index contributed by atoms with van der Waals surface area (Å²) in [6, 6.07) is 0. The Bertz CT molecular complexity index is 307. The molecule has 2 heteroatoms. The smallest absolute Gasteiger partial charge is 0.298 e. The minimum Gasteiger partial charge on any atom is -0.332 e. The van der Waals surface area contributed by atoms with Crippen LogP contribution in [0.1, 0.15) is 84.0 Å². The molecule has 0 spiro atoms. The van der Waals surface area contributed by atoms with Crippen molar-refractivity contribution < 1.29 is 4.79 Å². The molecule has 20 heavy (non-hydrogen) atoms. The van der Waals surface area contributed by atoms with Gasteiger partial charge in [0.05, 0.1) is 0 Å². The Hall–Kier alpha value is -0.970. The maximum Gasteiger partial charge on any atom is 0.298 e. The highest BCUT2D eigenvalue weighted by atomic mass is 16.2. The fourth-order valence-electron chi connectivity index (χ4n) is 2.66. The van der Waals surface area contributed by atoms with Gasteiger partial charge >= 0.3 is 0 Å². The van der Waals surface area contributed by atoms with Gasteiger partial charge in [0.25, 0.3) is 5.91 Å². The predicted molar refractivity (Wildman–Crippen MR) is 85.4 cm³/mol. The summed E-state index contributed by atoms with van der Waals surface area (Å²) in [6.45, 7) is 4.07. The van der Waals surface area contributed by atoms with E-state index in [4.69, 9.17) is 0 Å². The van der Waals surface area contributed by atoms with Crippen LogP contribution in [0.2, 0.25) is 0 Å². The molecule has 2 nitrogen and oxygen atoms in total. The first-order chi connectivity index (χ1) is 9.84. The topological polar surface area (TPSA) is 20.3 Å². The molecule has 0 aromatic heterocycles. The number of carbonyl (C=O) groups is 1. The van der Waals surface area contributed by atoms with Crippen LogP contribution in [0, 0.1) is 11.8 Å². The van der Waals surface area contributed by atoms with Gasteiger partial charge in [-0.05, 0) is 31.6 Å². The normalized spacial score (nSPS) is 14.8. The Morgan fingerprint density at radius 3 is 2.15 bits per heavy atom. The van der Waals surface area contributed by atoms with Crippen molar-refractivity contribution in [1.29, 1.82) is 0 Å². The summed E-state index contributed by atoms with van der Waals surface area (Å²) in [5.41, 5.74) is 0. The van der Waals surface area contributed by atoms with Gasteiger partial charge in [-0.15, -0.1) is 0 Å². The number of likely N-dealkylation sites (tertiary alicyclic amines) is 1. The van der Waals surface area contributed by atoms with E-state index in [-0.39, 0.29) is 5.91 Å². The van der Waals surface area contributed by atoms with Crippen LogP contribution in [0.4, 0.5) is 0 Å². The van der Waals surface area contributed by atoms with Gasteiger partial charge in [-0.1, -0.05) is 57.8 Å². The first kappa shape index (κ1) is 17.1. The largest absolute Gasteiger partial charge is 0.332 e. The highest BCUT2D eigenvalue weighted by Gasteiger charge is 2.13. The fourth-order valence-corrected chi connectivity index (χ4v) is 2.66. The third-order valence-electron chi connectivity index (χ3n) is 3.99. The summed E-state index contributed by atoms with van der Waals surface area (Å²) < 4.78 is 0. The zero-order valence-corrected chi connectivity index (χ0v) is 13.3. The molecule has 1 heterocycles. The lowest BCUT2D eigenvalue weighted by Crippen LogP contribution is -2.34. The summed E-state index contributed by atoms with van der Waals surface area (Å²) in [6.07, 6.45) is 15.0. The van der Waals surface area contributed by atoms with Gasteiger partial charge in [-0.25, -0.2) is 0 Å². The zero-order chi connectivity index (χ0) is 14.5. The Labute approximate surface area is 125 Å². The molecule has 0 aromatic rings. The second-order valence-corrected chi connectivity index (χ2v) is 5.88. The maximum absolute atomic E-state index is 11.8. The number of amides is 1. The molecule has 0 N–H and O–H groups in total. The van der Waals surface area contributed by atoms with Gasteiger partial charge in [0.2, 0.25) is 0 Å². The van der Waals surface area contributed by atoms with Gasteiger partial charge < -0.3 is 4.90 Å². The molecule has 0 bridgehead atoms. The second-order valence-electron chi connectivity index (χ2n) is 5.88. The van der Waals surface area contributed by atoms with Gasteiger partial charge in [0, 0.05) is 19.5 Å². The molecule has 114 valence electrons. The number of carbonyl (C=O) groups excluding carboxylic acids is 1. The lowest BCUT2D eigenvalue weighted by atomic mass is 10.1. The van der Waals surface area contributed by atoms with Crippen molar-refractivity contribution in [1.82, 2.24) is 4.90 Å². The molecule has 1 aliphatic rings. The molecular formula is C18H31NO. The summed E-state index contributed by atoms with van der Waals surface area (Å²) in [4.78, 5) is 13.7. The predicted octanol–water partition coefficient (Wildman–Crippen LogP) is 4.53. The van der Waals surface area contributed by atoms with Gasteiger partial charge in [0.1, 0.15) is 0 Å². The lowest BCUT2D eigenvalue weighted by Gasteiger charge is -2.24. The van der Waals surface area contributed by atoms with Gasteiger partial charge in [-0.3, -0.25) is 4.79 Å². The van der Waals surface area contributed by atoms with Crippen LogP contribution in [0.25, 0.3) is 0 Å². The van der Waals surface area contributed by atoms with Crippen LogP contribution in [-0.2, 0) is 4.79 Å². The molecule has 1 aliphatic heterocycles. The van der Waals surface area contributed by atoms with E-state index in [1.807, 2.05) is 4.90 Å². The van der Waals surface area contributed by atoms with Crippen LogP contribution in [0.5, 0.6) is 0 Å². The van der Waals surface area contributed by atoms with Crippen molar-refractivity contribution in [3.05, 3.63) is 0 Å². The van der Waals surface area contributed by atoms with E-state index in [0.717, 1.165) is 38.8 Å². The Balaban J connectivity index is 1.95. The zero-order valence-electron chi connectivity index (χ0n) is 13.3. The van der Waals surface area contributed by atoms with Crippen molar-refractivity contribution in [3.8, 4) is 11.8 Å². The van der Waals surface area contributed by atoms with E-state index in [9.17, 15) is 4.79 Å². The molecule has 0 unspecified atom stereocenters. The first-order valence-corrected chi connectivity index (χ1v) is 8.62. The van der Waals surface area contributed by atoms with Crippen LogP contribution in [0.15, 0.2) is 0 Å². The van der Waals surface area contributed by atoms with E-state index in [0.29, 0.717) is 0 Å². The van der Waals surface area contributed by atoms with Crippen molar-refractivity contribution >= 4 is 5.91 Å². The number of piperidine rings is 1. The third-order valence-corrected chi connectivity index (χ3v) is 3.99. The van der Waals surface area contributed by atoms with Crippen LogP contribution in [-0.4, -0.2) is 23.9 Å². The van der Waals surface area contributed by atoms with E-state index in [1.165, 1.54) is 51.4 Å². The lowest BCUT2D eigenvalue weighted by molar-refractivity contribution is -0.125. The maximum atomic E-state index is 11.8. The highest BCUT2D eigenvalue weighted by Crippen LogP contribution is 2.10. The molecule has 0 aromatic carbocycles. The summed E-state index contributed by atoms with van der Waals surface area (Å²) in [5, 5.41) is 0. The Morgan fingerprint density at radius 2 is 1.50 bits per heavy atom. The van der Waals surface area contributed by atoms with Crippen LogP contribution < -0.4 is 0 Å². The molecule has 1 fully saturated rings. The molecule has 1 rings (SSSR count). The second kappa shape index (κ2) is 11.8. The quantitative estimate of drug-likeness (QED) is 0.471. The van der Waals surface area contributed by atoms with Gasteiger partial charge in [-0.2, -0.15) is 0 Å². The SMILES string of the molecule is CCCCCCCCCCC#CC(=O)N1CCCCC1. The average Bonchev–Trinajstić information content (AvgIpc) is 2.50. The Kier molecular flexibility index (Phi) is 10.1. The summed E-state index contributed by atoms with van der Waals surface area (Å²) in [7, 11) is 0. The number of unbranched alkanes of at least 4 members (excludes halogenated alkanes) is 8. The number of nitrogens with zero attached hydrogens (tertiary/aromatic N) is 1. The number of rotatable bonds is 8. The van der Waals surface area contributed by atoms with Crippen molar-refractivity contribution in [2.45, 2.75) is 84.0 Å². The first-order valence-electron chi connectivity index (χ1n) is 8.62. The number of hydrogen-bond acceptors (Lipinski definition) is 1. The minimum atomic E-state index is 0.0456. The third kappa shape index (κ3) is 8.25. The fraction of sp³-hybridized carbons (Fsp3) is 0.833. The van der Waals surface area contributed by atoms with Crippen LogP contribution >= 0.6 is 0 Å². The molecule has 0 aliphatic carbocycles. The molecule has 0 saturated carbocycles. The summed E-state index contributed by atoms with van der Waals surface area (Å²) in [5.74, 6) is 5.91. The molecule has 0 atom stereocenters.